The Balaban J connectivity index is 1.72. The number of nitrogens with two attached hydrogens (primary N) is 1. The maximum Gasteiger partial charge on any atom is 0.258 e. The van der Waals surface area contributed by atoms with E-state index in [4.69, 9.17) is 5.73 Å². The number of halogens is 4. The minimum absolute atomic E-state index is 0.110. The van der Waals surface area contributed by atoms with E-state index >= 15 is 4.39 Å². The van der Waals surface area contributed by atoms with Crippen molar-refractivity contribution in [2.45, 2.75) is 26.0 Å². The summed E-state index contributed by atoms with van der Waals surface area (Å²) in [4.78, 5) is 19.1. The van der Waals surface area contributed by atoms with E-state index in [1.165, 1.54) is 6.20 Å². The van der Waals surface area contributed by atoms with Gasteiger partial charge in [-0.05, 0) is 42.7 Å². The van der Waals surface area contributed by atoms with Crippen LogP contribution in [0.25, 0.3) is 11.1 Å². The molecule has 1 fully saturated rings. The Bertz CT molecular complexity index is 1240. The molecule has 6 nitrogen and oxygen atoms in total. The highest BCUT2D eigenvalue weighted by atomic mass is 19.1. The molecule has 0 spiro atoms. The zero-order valence-corrected chi connectivity index (χ0v) is 18.9. The molecule has 184 valence electrons. The summed E-state index contributed by atoms with van der Waals surface area (Å²) in [5.41, 5.74) is 4.78. The molecule has 0 saturated carbocycles. The first-order valence-electron chi connectivity index (χ1n) is 11.0. The second-order valence-corrected chi connectivity index (χ2v) is 8.69. The van der Waals surface area contributed by atoms with Gasteiger partial charge in [0.05, 0.1) is 46.6 Å². The van der Waals surface area contributed by atoms with Gasteiger partial charge in [-0.25, -0.2) is 17.6 Å². The van der Waals surface area contributed by atoms with Crippen LogP contribution in [0.3, 0.4) is 0 Å². The van der Waals surface area contributed by atoms with Crippen molar-refractivity contribution in [3.63, 3.8) is 0 Å². The number of piperidine rings is 1. The van der Waals surface area contributed by atoms with Gasteiger partial charge in [-0.3, -0.25) is 9.78 Å². The third kappa shape index (κ3) is 4.98. The zero-order valence-electron chi connectivity index (χ0n) is 18.9. The van der Waals surface area contributed by atoms with Crippen molar-refractivity contribution in [2.75, 3.05) is 23.3 Å². The zero-order chi connectivity index (χ0) is 25.3. The Kier molecular flexibility index (Phi) is 7.04. The van der Waals surface area contributed by atoms with E-state index in [-0.39, 0.29) is 24.3 Å². The van der Waals surface area contributed by atoms with Gasteiger partial charge in [0.2, 0.25) is 0 Å². The van der Waals surface area contributed by atoms with Crippen LogP contribution in [0.1, 0.15) is 29.4 Å². The molecule has 2 heterocycles. The van der Waals surface area contributed by atoms with Gasteiger partial charge in [-0.1, -0.05) is 13.0 Å². The highest BCUT2D eigenvalue weighted by Crippen LogP contribution is 2.34. The number of nitrogens with zero attached hydrogens (tertiary/aromatic N) is 2. The molecule has 0 unspecified atom stereocenters. The van der Waals surface area contributed by atoms with Crippen LogP contribution < -0.4 is 16.0 Å². The average Bonchev–Trinajstić information content (AvgIpc) is 2.80. The molecular formula is C25H24F4N4O2. The van der Waals surface area contributed by atoms with Crippen LogP contribution in [-0.2, 0) is 6.61 Å². The number of pyridine rings is 1. The highest BCUT2D eigenvalue weighted by molar-refractivity contribution is 6.06. The Morgan fingerprint density at radius 2 is 1.80 bits per heavy atom. The molecule has 1 amide bonds. The van der Waals surface area contributed by atoms with Crippen LogP contribution in [0.2, 0.25) is 0 Å². The van der Waals surface area contributed by atoms with Gasteiger partial charge in [0, 0.05) is 19.1 Å². The van der Waals surface area contributed by atoms with E-state index in [1.54, 1.807) is 6.07 Å². The van der Waals surface area contributed by atoms with Crippen molar-refractivity contribution in [3.8, 4) is 11.1 Å². The molecule has 4 N–H and O–H groups in total. The summed E-state index contributed by atoms with van der Waals surface area (Å²) in [6, 6.07) is 5.97. The first-order chi connectivity index (χ1) is 16.7. The Labute approximate surface area is 199 Å². The van der Waals surface area contributed by atoms with Crippen molar-refractivity contribution in [3.05, 3.63) is 77.1 Å². The summed E-state index contributed by atoms with van der Waals surface area (Å²) in [5.74, 6) is -5.64. The number of hydrogen-bond donors (Lipinski definition) is 3. The van der Waals surface area contributed by atoms with E-state index < -0.39 is 45.9 Å². The summed E-state index contributed by atoms with van der Waals surface area (Å²) in [6.45, 7) is 2.83. The maximum atomic E-state index is 15.3. The van der Waals surface area contributed by atoms with Gasteiger partial charge in [0.15, 0.2) is 0 Å². The first-order valence-corrected chi connectivity index (χ1v) is 11.0. The van der Waals surface area contributed by atoms with E-state index in [0.717, 1.165) is 36.8 Å². The highest BCUT2D eigenvalue weighted by Gasteiger charge is 2.27. The monoisotopic (exact) mass is 488 g/mol. The lowest BCUT2D eigenvalue weighted by molar-refractivity contribution is 0.102. The van der Waals surface area contributed by atoms with Crippen molar-refractivity contribution in [2.24, 2.45) is 11.7 Å². The summed E-state index contributed by atoms with van der Waals surface area (Å²) >= 11 is 0. The smallest absolute Gasteiger partial charge is 0.258 e. The lowest BCUT2D eigenvalue weighted by Crippen LogP contribution is -2.46. The predicted octanol–water partition coefficient (Wildman–Crippen LogP) is 4.22. The molecule has 2 atom stereocenters. The van der Waals surface area contributed by atoms with Crippen LogP contribution in [0.5, 0.6) is 0 Å². The first kappa shape index (κ1) is 24.6. The number of rotatable bonds is 5. The average molecular weight is 488 g/mol. The maximum absolute atomic E-state index is 15.3. The SMILES string of the molecule is C[C@@H]1C[C@H](N)CN(c2cc(CO)ncc2NC(=O)c2ccc(F)c(-c3c(F)cccc3F)c2F)C1. The Morgan fingerprint density at radius 3 is 2.46 bits per heavy atom. The van der Waals surface area contributed by atoms with Crippen LogP contribution in [0, 0.1) is 29.2 Å². The fourth-order valence-electron chi connectivity index (χ4n) is 4.41. The van der Waals surface area contributed by atoms with Crippen LogP contribution in [0.15, 0.2) is 42.6 Å². The van der Waals surface area contributed by atoms with Crippen molar-refractivity contribution >= 4 is 17.3 Å². The number of benzene rings is 2. The molecule has 2 aromatic carbocycles. The van der Waals surface area contributed by atoms with Gasteiger partial charge in [0.1, 0.15) is 23.3 Å². The lowest BCUT2D eigenvalue weighted by Gasteiger charge is -2.37. The molecule has 0 radical (unpaired) electrons. The number of amides is 1. The molecule has 10 heteroatoms. The Morgan fingerprint density at radius 1 is 1.11 bits per heavy atom. The number of carbonyl (C=O) groups is 1. The van der Waals surface area contributed by atoms with Gasteiger partial charge in [0.25, 0.3) is 5.91 Å². The molecule has 0 aliphatic carbocycles. The molecular weight excluding hydrogens is 464 g/mol. The van der Waals surface area contributed by atoms with Crippen LogP contribution >= 0.6 is 0 Å². The van der Waals surface area contributed by atoms with Crippen molar-refractivity contribution in [1.29, 1.82) is 0 Å². The molecule has 0 bridgehead atoms. The van der Waals surface area contributed by atoms with E-state index in [9.17, 15) is 23.1 Å². The minimum Gasteiger partial charge on any atom is -0.390 e. The fraction of sp³-hybridized carbons (Fsp3) is 0.280. The molecule has 1 aliphatic heterocycles. The molecule has 1 saturated heterocycles. The molecule has 35 heavy (non-hydrogen) atoms. The lowest BCUT2D eigenvalue weighted by atomic mass is 9.96. The van der Waals surface area contributed by atoms with Gasteiger partial charge in [-0.15, -0.1) is 0 Å². The fourth-order valence-corrected chi connectivity index (χ4v) is 4.41. The third-order valence-corrected chi connectivity index (χ3v) is 5.93. The largest absolute Gasteiger partial charge is 0.390 e. The summed E-state index contributed by atoms with van der Waals surface area (Å²) in [6.07, 6.45) is 2.15. The third-order valence-electron chi connectivity index (χ3n) is 5.93. The van der Waals surface area contributed by atoms with E-state index in [0.29, 0.717) is 24.5 Å². The number of aliphatic hydroxyl groups is 1. The quantitative estimate of drug-likeness (QED) is 0.468. The van der Waals surface area contributed by atoms with Gasteiger partial charge < -0.3 is 21.1 Å². The van der Waals surface area contributed by atoms with Gasteiger partial charge >= 0.3 is 0 Å². The van der Waals surface area contributed by atoms with E-state index in [2.05, 4.69) is 10.3 Å². The Hall–Kier alpha value is -3.50. The topological polar surface area (TPSA) is 91.5 Å². The number of anilines is 2. The number of aromatic nitrogens is 1. The second kappa shape index (κ2) is 10.0. The van der Waals surface area contributed by atoms with Crippen molar-refractivity contribution < 1.29 is 27.5 Å². The summed E-state index contributed by atoms with van der Waals surface area (Å²) in [5, 5.41) is 12.1. The van der Waals surface area contributed by atoms with Gasteiger partial charge in [-0.2, -0.15) is 0 Å². The minimum atomic E-state index is -1.40. The standard InChI is InChI=1S/C25H24F4N4O2/c1-13-7-14(30)11-33(10-13)21-8-15(12-34)31-9-20(21)32-25(35)16-5-6-19(28)23(24(16)29)22-17(26)3-2-4-18(22)27/h2-6,8-9,13-14,34H,7,10-12,30H2,1H3,(H,32,35)/t13-,14+/m1/s1. The second-order valence-electron chi connectivity index (χ2n) is 8.69. The number of hydrogen-bond acceptors (Lipinski definition) is 5. The molecule has 3 aromatic rings. The number of aliphatic hydroxyl groups excluding tert-OH is 1. The molecule has 1 aliphatic rings. The summed E-state index contributed by atoms with van der Waals surface area (Å²) < 4.78 is 58.3. The molecule has 1 aromatic heterocycles. The number of nitrogens with one attached hydrogen (secondary N) is 1. The van der Waals surface area contributed by atoms with Crippen LogP contribution in [0.4, 0.5) is 28.9 Å². The van der Waals surface area contributed by atoms with Crippen molar-refractivity contribution in [1.82, 2.24) is 4.98 Å². The number of carbonyl (C=O) groups excluding carboxylic acids is 1. The predicted molar refractivity (Wildman–Crippen MR) is 124 cm³/mol. The van der Waals surface area contributed by atoms with Crippen LogP contribution in [-0.4, -0.2) is 35.1 Å². The molecule has 4 rings (SSSR count). The summed E-state index contributed by atoms with van der Waals surface area (Å²) in [7, 11) is 0. The van der Waals surface area contributed by atoms with E-state index in [1.807, 2.05) is 11.8 Å². The normalized spacial score (nSPS) is 18.0.